The first-order chi connectivity index (χ1) is 11.7. The van der Waals surface area contributed by atoms with E-state index in [0.717, 1.165) is 4.88 Å². The van der Waals surface area contributed by atoms with Crippen LogP contribution in [0.2, 0.25) is 0 Å². The van der Waals surface area contributed by atoms with Crippen molar-refractivity contribution in [3.63, 3.8) is 0 Å². The second-order valence-electron chi connectivity index (χ2n) is 5.08. The number of nitrogens with zero attached hydrogens (tertiary/aromatic N) is 1. The molecule has 6 heteroatoms. The molecule has 2 N–H and O–H groups in total. The smallest absolute Gasteiger partial charge is 0.257 e. The zero-order valence-corrected chi connectivity index (χ0v) is 13.5. The Hall–Kier alpha value is -2.99. The summed E-state index contributed by atoms with van der Waals surface area (Å²) in [6, 6.07) is 14.3. The summed E-state index contributed by atoms with van der Waals surface area (Å²) in [5, 5.41) is 7.57. The molecule has 2 amide bonds. The Labute approximate surface area is 143 Å². The van der Waals surface area contributed by atoms with Gasteiger partial charge in [-0.3, -0.25) is 14.6 Å². The van der Waals surface area contributed by atoms with Crippen molar-refractivity contribution < 1.29 is 9.59 Å². The summed E-state index contributed by atoms with van der Waals surface area (Å²) in [6.07, 6.45) is 3.48. The molecule has 0 spiro atoms. The van der Waals surface area contributed by atoms with Crippen LogP contribution >= 0.6 is 11.3 Å². The molecule has 0 saturated carbocycles. The summed E-state index contributed by atoms with van der Waals surface area (Å²) in [5.41, 5.74) is 1.84. The standard InChI is InChI=1S/C18H15N3O2S/c22-17(11-16-4-2-10-24-16)20-14-5-7-15(8-6-14)21-18(23)13-3-1-9-19-12-13/h1-10,12H,11H2,(H,20,22)(H,21,23). The van der Waals surface area contributed by atoms with Crippen LogP contribution in [-0.2, 0) is 11.2 Å². The third kappa shape index (κ3) is 4.27. The monoisotopic (exact) mass is 337 g/mol. The lowest BCUT2D eigenvalue weighted by atomic mass is 10.2. The van der Waals surface area contributed by atoms with E-state index in [-0.39, 0.29) is 11.8 Å². The molecule has 120 valence electrons. The zero-order chi connectivity index (χ0) is 16.8. The largest absolute Gasteiger partial charge is 0.326 e. The molecule has 0 fully saturated rings. The van der Waals surface area contributed by atoms with Crippen LogP contribution < -0.4 is 10.6 Å². The highest BCUT2D eigenvalue weighted by atomic mass is 32.1. The average molecular weight is 337 g/mol. The minimum atomic E-state index is -0.224. The molecule has 1 aromatic carbocycles. The summed E-state index contributed by atoms with van der Waals surface area (Å²) in [6.45, 7) is 0. The predicted octanol–water partition coefficient (Wildman–Crippen LogP) is 3.58. The fourth-order valence-corrected chi connectivity index (χ4v) is 2.82. The number of rotatable bonds is 5. The Kier molecular flexibility index (Phi) is 4.98. The Morgan fingerprint density at radius 2 is 1.71 bits per heavy atom. The summed E-state index contributed by atoms with van der Waals surface area (Å²) in [5.74, 6) is -0.290. The topological polar surface area (TPSA) is 71.1 Å². The van der Waals surface area contributed by atoms with Gasteiger partial charge in [-0.25, -0.2) is 0 Å². The summed E-state index contributed by atoms with van der Waals surface area (Å²) < 4.78 is 0. The molecule has 0 saturated heterocycles. The van der Waals surface area contributed by atoms with Crippen molar-refractivity contribution in [3.05, 3.63) is 76.7 Å². The van der Waals surface area contributed by atoms with Gasteiger partial charge in [0.2, 0.25) is 5.91 Å². The number of hydrogen-bond donors (Lipinski definition) is 2. The Balaban J connectivity index is 1.57. The van der Waals surface area contributed by atoms with E-state index in [0.29, 0.717) is 23.4 Å². The van der Waals surface area contributed by atoms with E-state index in [9.17, 15) is 9.59 Å². The van der Waals surface area contributed by atoms with Gasteiger partial charge in [-0.2, -0.15) is 0 Å². The van der Waals surface area contributed by atoms with Crippen LogP contribution in [0, 0.1) is 0 Å². The van der Waals surface area contributed by atoms with Crippen molar-refractivity contribution in [3.8, 4) is 0 Å². The maximum absolute atomic E-state index is 12.0. The molecule has 0 unspecified atom stereocenters. The molecule has 0 aliphatic rings. The zero-order valence-electron chi connectivity index (χ0n) is 12.7. The lowest BCUT2D eigenvalue weighted by Gasteiger charge is -2.07. The van der Waals surface area contributed by atoms with E-state index >= 15 is 0 Å². The van der Waals surface area contributed by atoms with Crippen molar-refractivity contribution in [2.24, 2.45) is 0 Å². The van der Waals surface area contributed by atoms with Gasteiger partial charge in [-0.05, 0) is 47.8 Å². The molecule has 2 aromatic heterocycles. The average Bonchev–Trinajstić information content (AvgIpc) is 3.10. The maximum atomic E-state index is 12.0. The Morgan fingerprint density at radius 3 is 2.33 bits per heavy atom. The number of thiophene rings is 1. The molecular formula is C18H15N3O2S. The van der Waals surface area contributed by atoms with Gasteiger partial charge in [0.15, 0.2) is 0 Å². The predicted molar refractivity (Wildman–Crippen MR) is 95.3 cm³/mol. The van der Waals surface area contributed by atoms with Crippen LogP contribution in [0.4, 0.5) is 11.4 Å². The first-order valence-corrected chi connectivity index (χ1v) is 8.22. The normalized spacial score (nSPS) is 10.2. The highest BCUT2D eigenvalue weighted by molar-refractivity contribution is 7.10. The number of carbonyl (C=O) groups excluding carboxylic acids is 2. The van der Waals surface area contributed by atoms with E-state index in [1.54, 1.807) is 53.9 Å². The van der Waals surface area contributed by atoms with Crippen molar-refractivity contribution >= 4 is 34.5 Å². The van der Waals surface area contributed by atoms with Crippen LogP contribution in [0.3, 0.4) is 0 Å². The molecular weight excluding hydrogens is 322 g/mol. The van der Waals surface area contributed by atoms with Gasteiger partial charge in [0.25, 0.3) is 5.91 Å². The van der Waals surface area contributed by atoms with Crippen LogP contribution in [0.25, 0.3) is 0 Å². The van der Waals surface area contributed by atoms with E-state index in [2.05, 4.69) is 15.6 Å². The van der Waals surface area contributed by atoms with Gasteiger partial charge in [0, 0.05) is 28.6 Å². The molecule has 3 rings (SSSR count). The second kappa shape index (κ2) is 7.52. The van der Waals surface area contributed by atoms with E-state index in [4.69, 9.17) is 0 Å². The Morgan fingerprint density at radius 1 is 0.958 bits per heavy atom. The number of carbonyl (C=O) groups is 2. The van der Waals surface area contributed by atoms with Gasteiger partial charge < -0.3 is 10.6 Å². The van der Waals surface area contributed by atoms with Gasteiger partial charge in [-0.15, -0.1) is 11.3 Å². The molecule has 0 radical (unpaired) electrons. The number of benzene rings is 1. The van der Waals surface area contributed by atoms with Crippen LogP contribution in [0.15, 0.2) is 66.3 Å². The van der Waals surface area contributed by atoms with E-state index < -0.39 is 0 Å². The third-order valence-electron chi connectivity index (χ3n) is 3.27. The summed E-state index contributed by atoms with van der Waals surface area (Å²) in [4.78, 5) is 28.9. The fraction of sp³-hybridized carbons (Fsp3) is 0.0556. The van der Waals surface area contributed by atoms with Crippen molar-refractivity contribution in [1.82, 2.24) is 4.98 Å². The molecule has 5 nitrogen and oxygen atoms in total. The number of pyridine rings is 1. The number of aromatic nitrogens is 1. The second-order valence-corrected chi connectivity index (χ2v) is 6.11. The quantitative estimate of drug-likeness (QED) is 0.747. The number of anilines is 2. The van der Waals surface area contributed by atoms with Gasteiger partial charge in [0.1, 0.15) is 0 Å². The van der Waals surface area contributed by atoms with Crippen LogP contribution in [-0.4, -0.2) is 16.8 Å². The fourth-order valence-electron chi connectivity index (χ4n) is 2.11. The Bertz CT molecular complexity index is 815. The minimum absolute atomic E-state index is 0.0652. The number of hydrogen-bond acceptors (Lipinski definition) is 4. The van der Waals surface area contributed by atoms with Crippen molar-refractivity contribution in [2.45, 2.75) is 6.42 Å². The molecule has 0 aliphatic carbocycles. The lowest BCUT2D eigenvalue weighted by molar-refractivity contribution is -0.115. The molecule has 0 atom stereocenters. The maximum Gasteiger partial charge on any atom is 0.257 e. The first-order valence-electron chi connectivity index (χ1n) is 7.34. The molecule has 24 heavy (non-hydrogen) atoms. The molecule has 0 aliphatic heterocycles. The van der Waals surface area contributed by atoms with Crippen LogP contribution in [0.5, 0.6) is 0 Å². The summed E-state index contributed by atoms with van der Waals surface area (Å²) >= 11 is 1.56. The van der Waals surface area contributed by atoms with Crippen molar-refractivity contribution in [1.29, 1.82) is 0 Å². The SMILES string of the molecule is O=C(Cc1cccs1)Nc1ccc(NC(=O)c2cccnc2)cc1. The van der Waals surface area contributed by atoms with Crippen LogP contribution in [0.1, 0.15) is 15.2 Å². The molecule has 2 heterocycles. The highest BCUT2D eigenvalue weighted by Crippen LogP contribution is 2.16. The van der Waals surface area contributed by atoms with Gasteiger partial charge in [0.05, 0.1) is 12.0 Å². The molecule has 3 aromatic rings. The van der Waals surface area contributed by atoms with Crippen molar-refractivity contribution in [2.75, 3.05) is 10.6 Å². The van der Waals surface area contributed by atoms with Gasteiger partial charge >= 0.3 is 0 Å². The highest BCUT2D eigenvalue weighted by Gasteiger charge is 2.07. The third-order valence-corrected chi connectivity index (χ3v) is 4.14. The first kappa shape index (κ1) is 15.9. The summed E-state index contributed by atoms with van der Waals surface area (Å²) in [7, 11) is 0. The van der Waals surface area contributed by atoms with E-state index in [1.165, 1.54) is 6.20 Å². The van der Waals surface area contributed by atoms with E-state index in [1.807, 2.05) is 17.5 Å². The molecule has 0 bridgehead atoms. The number of nitrogens with one attached hydrogen (secondary N) is 2. The van der Waals surface area contributed by atoms with Gasteiger partial charge in [-0.1, -0.05) is 6.07 Å². The lowest BCUT2D eigenvalue weighted by Crippen LogP contribution is -2.14. The number of amides is 2. The minimum Gasteiger partial charge on any atom is -0.326 e.